The fraction of sp³-hybridized carbons (Fsp3) is 0.550. The van der Waals surface area contributed by atoms with E-state index < -0.39 is 5.60 Å². The number of nitrogens with zero attached hydrogens (tertiary/aromatic N) is 1. The smallest absolute Gasteiger partial charge is 0.411 e. The highest BCUT2D eigenvalue weighted by atomic mass is 16.6. The van der Waals surface area contributed by atoms with Crippen molar-refractivity contribution < 1.29 is 19.0 Å². The van der Waals surface area contributed by atoms with Crippen molar-refractivity contribution in [3.05, 3.63) is 29.8 Å². The maximum atomic E-state index is 12.6. The van der Waals surface area contributed by atoms with Crippen LogP contribution in [0.5, 0.6) is 11.5 Å². The summed E-state index contributed by atoms with van der Waals surface area (Å²) in [6.07, 6.45) is 4.80. The maximum Gasteiger partial charge on any atom is 0.411 e. The lowest BCUT2D eigenvalue weighted by Crippen LogP contribution is -2.45. The Morgan fingerprint density at radius 1 is 1.08 bits per heavy atom. The molecule has 1 aromatic carbocycles. The number of amides is 1. The number of hydrogen-bond donors (Lipinski definition) is 0. The highest BCUT2D eigenvalue weighted by molar-refractivity contribution is 5.76. The molecule has 2 aliphatic rings. The summed E-state index contributed by atoms with van der Waals surface area (Å²) in [6, 6.07) is 6.21. The third-order valence-corrected chi connectivity index (χ3v) is 4.72. The summed E-state index contributed by atoms with van der Waals surface area (Å²) in [5, 5.41) is 0. The minimum absolute atomic E-state index is 0.0980. The van der Waals surface area contributed by atoms with E-state index >= 15 is 0 Å². The minimum atomic E-state index is -0.472. The fourth-order valence-corrected chi connectivity index (χ4v) is 3.64. The van der Waals surface area contributed by atoms with Gasteiger partial charge in [-0.2, -0.15) is 0 Å². The molecule has 0 radical (unpaired) electrons. The first-order chi connectivity index (χ1) is 11.8. The van der Waals surface area contributed by atoms with E-state index in [0.29, 0.717) is 0 Å². The fourth-order valence-electron chi connectivity index (χ4n) is 3.64. The number of carbonyl (C=O) groups excluding carboxylic acids is 1. The molecule has 0 N–H and O–H groups in total. The van der Waals surface area contributed by atoms with Crippen LogP contribution >= 0.6 is 0 Å². The van der Waals surface area contributed by atoms with E-state index in [1.165, 1.54) is 5.57 Å². The van der Waals surface area contributed by atoms with E-state index in [1.807, 2.05) is 43.9 Å². The highest BCUT2D eigenvalue weighted by Crippen LogP contribution is 2.40. The van der Waals surface area contributed by atoms with Crippen LogP contribution in [0, 0.1) is 0 Å². The zero-order chi connectivity index (χ0) is 18.2. The average Bonchev–Trinajstić information content (AvgIpc) is 2.83. The molecule has 1 aromatic rings. The predicted molar refractivity (Wildman–Crippen MR) is 97.0 cm³/mol. The van der Waals surface area contributed by atoms with Crippen molar-refractivity contribution in [3.63, 3.8) is 0 Å². The van der Waals surface area contributed by atoms with Crippen molar-refractivity contribution in [3.8, 4) is 11.5 Å². The van der Waals surface area contributed by atoms with Crippen LogP contribution in [-0.2, 0) is 4.74 Å². The van der Waals surface area contributed by atoms with Crippen LogP contribution in [-0.4, -0.2) is 42.9 Å². The number of rotatable bonds is 3. The zero-order valence-electron chi connectivity index (χ0n) is 15.7. The van der Waals surface area contributed by atoms with E-state index in [1.54, 1.807) is 14.2 Å². The molecule has 2 unspecified atom stereocenters. The van der Waals surface area contributed by atoms with Crippen molar-refractivity contribution in [2.24, 2.45) is 0 Å². The molecule has 2 atom stereocenters. The lowest BCUT2D eigenvalue weighted by molar-refractivity contribution is 0.0175. The van der Waals surface area contributed by atoms with Crippen LogP contribution in [0.4, 0.5) is 4.79 Å². The molecule has 2 aliphatic heterocycles. The third kappa shape index (κ3) is 3.75. The molecular formula is C20H27NO4. The van der Waals surface area contributed by atoms with Crippen molar-refractivity contribution >= 4 is 11.7 Å². The maximum absolute atomic E-state index is 12.6. The van der Waals surface area contributed by atoms with Crippen LogP contribution in [0.25, 0.3) is 5.57 Å². The number of ether oxygens (including phenoxy) is 3. The summed E-state index contributed by atoms with van der Waals surface area (Å²) in [6.45, 7) is 5.71. The first-order valence-corrected chi connectivity index (χ1v) is 8.76. The summed E-state index contributed by atoms with van der Waals surface area (Å²) in [4.78, 5) is 14.5. The lowest BCUT2D eigenvalue weighted by Gasteiger charge is -2.35. The van der Waals surface area contributed by atoms with Gasteiger partial charge in [-0.05, 0) is 63.3 Å². The van der Waals surface area contributed by atoms with Gasteiger partial charge in [0, 0.05) is 12.1 Å². The SMILES string of the molecule is COc1cc(OC)cc(C2=CC3CCC(C2)N3C(=O)OC(C)(C)C)c1. The van der Waals surface area contributed by atoms with E-state index in [-0.39, 0.29) is 18.2 Å². The van der Waals surface area contributed by atoms with Gasteiger partial charge in [-0.15, -0.1) is 0 Å². The van der Waals surface area contributed by atoms with Gasteiger partial charge in [0.05, 0.1) is 20.3 Å². The quantitative estimate of drug-likeness (QED) is 0.821. The van der Waals surface area contributed by atoms with E-state index in [4.69, 9.17) is 14.2 Å². The molecule has 5 nitrogen and oxygen atoms in total. The molecule has 1 saturated heterocycles. The minimum Gasteiger partial charge on any atom is -0.497 e. The second-order valence-electron chi connectivity index (χ2n) is 7.68. The van der Waals surface area contributed by atoms with E-state index in [9.17, 15) is 4.79 Å². The second-order valence-corrected chi connectivity index (χ2v) is 7.68. The molecule has 0 saturated carbocycles. The van der Waals surface area contributed by atoms with E-state index in [2.05, 4.69) is 6.08 Å². The Bertz CT molecular complexity index is 667. The molecule has 136 valence electrons. The molecule has 25 heavy (non-hydrogen) atoms. The van der Waals surface area contributed by atoms with Crippen LogP contribution < -0.4 is 9.47 Å². The summed E-state index contributed by atoms with van der Waals surface area (Å²) in [5.41, 5.74) is 1.86. The standard InChI is InChI=1S/C20H27NO4/c1-20(2,3)25-19(22)21-15-6-7-16(21)9-13(8-15)14-10-17(23-4)12-18(11-14)24-5/h8,10-12,15-16H,6-7,9H2,1-5H3. The van der Waals surface area contributed by atoms with Crippen molar-refractivity contribution in [2.45, 2.75) is 57.7 Å². The molecule has 3 rings (SSSR count). The summed E-state index contributed by atoms with van der Waals surface area (Å²) < 4.78 is 16.3. The van der Waals surface area contributed by atoms with Crippen molar-refractivity contribution in [1.82, 2.24) is 4.90 Å². The Kier molecular flexibility index (Phi) is 4.67. The Labute approximate surface area is 149 Å². The Hall–Kier alpha value is -2.17. The summed E-state index contributed by atoms with van der Waals surface area (Å²) in [7, 11) is 3.31. The largest absolute Gasteiger partial charge is 0.497 e. The van der Waals surface area contributed by atoms with Crippen LogP contribution in [0.15, 0.2) is 24.3 Å². The van der Waals surface area contributed by atoms with Crippen LogP contribution in [0.1, 0.15) is 45.6 Å². The first kappa shape index (κ1) is 17.6. The van der Waals surface area contributed by atoms with Gasteiger partial charge < -0.3 is 14.2 Å². The Morgan fingerprint density at radius 2 is 1.72 bits per heavy atom. The van der Waals surface area contributed by atoms with Gasteiger partial charge >= 0.3 is 6.09 Å². The van der Waals surface area contributed by atoms with Gasteiger partial charge in [0.1, 0.15) is 17.1 Å². The lowest BCUT2D eigenvalue weighted by atomic mass is 9.94. The van der Waals surface area contributed by atoms with Gasteiger partial charge in [-0.25, -0.2) is 4.79 Å². The topological polar surface area (TPSA) is 48.0 Å². The first-order valence-electron chi connectivity index (χ1n) is 8.76. The van der Waals surface area contributed by atoms with Gasteiger partial charge in [0.2, 0.25) is 0 Å². The monoisotopic (exact) mass is 345 g/mol. The van der Waals surface area contributed by atoms with Crippen LogP contribution in [0.2, 0.25) is 0 Å². The number of hydrogen-bond acceptors (Lipinski definition) is 4. The molecule has 1 fully saturated rings. The number of benzene rings is 1. The molecule has 5 heteroatoms. The molecule has 0 spiro atoms. The van der Waals surface area contributed by atoms with Crippen molar-refractivity contribution in [1.29, 1.82) is 0 Å². The van der Waals surface area contributed by atoms with Gasteiger partial charge in [0.15, 0.2) is 0 Å². The molecule has 1 amide bonds. The zero-order valence-corrected chi connectivity index (χ0v) is 15.7. The molecule has 2 heterocycles. The molecule has 0 aliphatic carbocycles. The van der Waals surface area contributed by atoms with Gasteiger partial charge in [-0.1, -0.05) is 6.08 Å². The Balaban J connectivity index is 1.86. The van der Waals surface area contributed by atoms with Crippen LogP contribution in [0.3, 0.4) is 0 Å². The normalized spacial score (nSPS) is 22.4. The number of fused-ring (bicyclic) bond motifs is 2. The summed E-state index contributed by atoms with van der Waals surface area (Å²) in [5.74, 6) is 1.55. The third-order valence-electron chi connectivity index (χ3n) is 4.72. The highest BCUT2D eigenvalue weighted by Gasteiger charge is 2.41. The van der Waals surface area contributed by atoms with Gasteiger partial charge in [0.25, 0.3) is 0 Å². The van der Waals surface area contributed by atoms with Gasteiger partial charge in [-0.3, -0.25) is 4.90 Å². The molecule has 0 aromatic heterocycles. The summed E-state index contributed by atoms with van der Waals surface area (Å²) >= 11 is 0. The number of methoxy groups -OCH3 is 2. The van der Waals surface area contributed by atoms with E-state index in [0.717, 1.165) is 36.3 Å². The number of carbonyl (C=O) groups is 1. The van der Waals surface area contributed by atoms with Crippen molar-refractivity contribution in [2.75, 3.05) is 14.2 Å². The predicted octanol–water partition coefficient (Wildman–Crippen LogP) is 4.26. The second kappa shape index (κ2) is 6.62. The average molecular weight is 345 g/mol. The molecule has 2 bridgehead atoms. The molecular weight excluding hydrogens is 318 g/mol. The Morgan fingerprint density at radius 3 is 2.24 bits per heavy atom.